The van der Waals surface area contributed by atoms with Gasteiger partial charge >= 0.3 is 5.97 Å². The minimum absolute atomic E-state index is 0.0845. The van der Waals surface area contributed by atoms with Gasteiger partial charge in [-0.1, -0.05) is 30.3 Å². The third-order valence-corrected chi connectivity index (χ3v) is 2.74. The van der Waals surface area contributed by atoms with E-state index in [-0.39, 0.29) is 11.4 Å². The third-order valence-electron chi connectivity index (χ3n) is 1.66. The summed E-state index contributed by atoms with van der Waals surface area (Å²) in [7, 11) is 0. The SMILES string of the molecule is O=C1CS[C@@H](c2ccccc2)O1. The van der Waals surface area contributed by atoms with Crippen LogP contribution < -0.4 is 0 Å². The van der Waals surface area contributed by atoms with Crippen molar-refractivity contribution in [3.63, 3.8) is 0 Å². The molecule has 1 heterocycles. The van der Waals surface area contributed by atoms with Crippen LogP contribution in [0.4, 0.5) is 0 Å². The van der Waals surface area contributed by atoms with Gasteiger partial charge in [0.2, 0.25) is 0 Å². The molecular formula is C9H8O2S. The number of thioether (sulfide) groups is 1. The molecule has 1 aromatic rings. The fourth-order valence-corrected chi connectivity index (χ4v) is 1.99. The molecular weight excluding hydrogens is 172 g/mol. The first-order valence-electron chi connectivity index (χ1n) is 3.72. The van der Waals surface area contributed by atoms with Crippen molar-refractivity contribution in [1.29, 1.82) is 0 Å². The first kappa shape index (κ1) is 7.68. The second kappa shape index (κ2) is 3.19. The molecule has 12 heavy (non-hydrogen) atoms. The molecule has 0 radical (unpaired) electrons. The largest absolute Gasteiger partial charge is 0.446 e. The lowest BCUT2D eigenvalue weighted by molar-refractivity contribution is -0.140. The zero-order valence-corrected chi connectivity index (χ0v) is 7.21. The fraction of sp³-hybridized carbons (Fsp3) is 0.222. The number of carbonyl (C=O) groups is 1. The van der Waals surface area contributed by atoms with E-state index in [0.717, 1.165) is 5.56 Å². The Morgan fingerprint density at radius 1 is 1.33 bits per heavy atom. The maximum Gasteiger partial charge on any atom is 0.317 e. The van der Waals surface area contributed by atoms with Gasteiger partial charge in [0, 0.05) is 5.56 Å². The zero-order chi connectivity index (χ0) is 8.39. The predicted molar refractivity (Wildman–Crippen MR) is 47.7 cm³/mol. The van der Waals surface area contributed by atoms with E-state index in [2.05, 4.69) is 0 Å². The Hall–Kier alpha value is -0.960. The number of cyclic esters (lactones) is 1. The Morgan fingerprint density at radius 2 is 2.08 bits per heavy atom. The van der Waals surface area contributed by atoms with Gasteiger partial charge < -0.3 is 4.74 Å². The molecule has 2 nitrogen and oxygen atoms in total. The van der Waals surface area contributed by atoms with E-state index >= 15 is 0 Å². The summed E-state index contributed by atoms with van der Waals surface area (Å²) in [4.78, 5) is 10.8. The first-order chi connectivity index (χ1) is 5.86. The number of esters is 1. The van der Waals surface area contributed by atoms with E-state index in [1.54, 1.807) is 0 Å². The van der Waals surface area contributed by atoms with Gasteiger partial charge in [0.25, 0.3) is 0 Å². The lowest BCUT2D eigenvalue weighted by Gasteiger charge is -2.06. The van der Waals surface area contributed by atoms with Crippen molar-refractivity contribution in [1.82, 2.24) is 0 Å². The molecule has 3 heteroatoms. The first-order valence-corrected chi connectivity index (χ1v) is 4.77. The van der Waals surface area contributed by atoms with Crippen LogP contribution >= 0.6 is 11.8 Å². The quantitative estimate of drug-likeness (QED) is 0.618. The predicted octanol–water partition coefficient (Wildman–Crippen LogP) is 1.98. The highest BCUT2D eigenvalue weighted by atomic mass is 32.2. The maximum atomic E-state index is 10.8. The molecule has 1 saturated heterocycles. The number of benzene rings is 1. The summed E-state index contributed by atoms with van der Waals surface area (Å²) in [6, 6.07) is 9.78. The van der Waals surface area contributed by atoms with Crippen molar-refractivity contribution < 1.29 is 9.53 Å². The van der Waals surface area contributed by atoms with Crippen molar-refractivity contribution in [2.45, 2.75) is 5.44 Å². The Kier molecular flexibility index (Phi) is 2.04. The topological polar surface area (TPSA) is 26.3 Å². The summed E-state index contributed by atoms with van der Waals surface area (Å²) in [6.07, 6.45) is 0. The smallest absolute Gasteiger partial charge is 0.317 e. The monoisotopic (exact) mass is 180 g/mol. The van der Waals surface area contributed by atoms with Crippen LogP contribution in [0.3, 0.4) is 0 Å². The van der Waals surface area contributed by atoms with E-state index in [0.29, 0.717) is 5.75 Å². The van der Waals surface area contributed by atoms with Crippen molar-refractivity contribution in [2.24, 2.45) is 0 Å². The molecule has 0 aromatic heterocycles. The maximum absolute atomic E-state index is 10.8. The van der Waals surface area contributed by atoms with E-state index in [9.17, 15) is 4.79 Å². The summed E-state index contributed by atoms with van der Waals surface area (Å²) in [5.74, 6) is 0.355. The van der Waals surface area contributed by atoms with E-state index in [1.165, 1.54) is 11.8 Å². The normalized spacial score (nSPS) is 22.3. The van der Waals surface area contributed by atoms with Crippen LogP contribution in [-0.2, 0) is 9.53 Å². The fourth-order valence-electron chi connectivity index (χ4n) is 1.11. The molecule has 0 spiro atoms. The Balaban J connectivity index is 2.16. The molecule has 0 bridgehead atoms. The molecule has 0 N–H and O–H groups in total. The minimum Gasteiger partial charge on any atom is -0.446 e. The molecule has 62 valence electrons. The molecule has 1 fully saturated rings. The van der Waals surface area contributed by atoms with Crippen LogP contribution in [0, 0.1) is 0 Å². The van der Waals surface area contributed by atoms with Gasteiger partial charge in [-0.3, -0.25) is 4.79 Å². The molecule has 1 aromatic carbocycles. The summed E-state index contributed by atoms with van der Waals surface area (Å²) in [5, 5.41) is 0. The lowest BCUT2D eigenvalue weighted by atomic mass is 10.2. The Bertz CT molecular complexity index is 284. The molecule has 2 rings (SSSR count). The Labute approximate surface area is 74.9 Å². The average molecular weight is 180 g/mol. The van der Waals surface area contributed by atoms with Crippen molar-refractivity contribution in [2.75, 3.05) is 5.75 Å². The van der Waals surface area contributed by atoms with Gasteiger partial charge in [-0.25, -0.2) is 0 Å². The highest BCUT2D eigenvalue weighted by molar-refractivity contribution is 8.00. The number of hydrogen-bond donors (Lipinski definition) is 0. The van der Waals surface area contributed by atoms with E-state index in [4.69, 9.17) is 4.74 Å². The molecule has 1 aliphatic rings. The van der Waals surface area contributed by atoms with Gasteiger partial charge in [0.1, 0.15) is 0 Å². The molecule has 0 aliphatic carbocycles. The highest BCUT2D eigenvalue weighted by Crippen LogP contribution is 2.35. The van der Waals surface area contributed by atoms with Gasteiger partial charge in [0.05, 0.1) is 5.75 Å². The summed E-state index contributed by atoms with van der Waals surface area (Å²) in [5.41, 5.74) is 0.979. The summed E-state index contributed by atoms with van der Waals surface area (Å²) >= 11 is 1.53. The number of carbonyl (C=O) groups excluding carboxylic acids is 1. The average Bonchev–Trinajstić information content (AvgIpc) is 2.54. The van der Waals surface area contributed by atoms with Crippen LogP contribution in [0.5, 0.6) is 0 Å². The second-order valence-corrected chi connectivity index (χ2v) is 3.59. The Morgan fingerprint density at radius 3 is 2.67 bits per heavy atom. The lowest BCUT2D eigenvalue weighted by Crippen LogP contribution is -1.98. The molecule has 0 unspecified atom stereocenters. The molecule has 1 aliphatic heterocycles. The van der Waals surface area contributed by atoms with Crippen molar-refractivity contribution in [3.05, 3.63) is 35.9 Å². The summed E-state index contributed by atoms with van der Waals surface area (Å²) < 4.78 is 5.07. The number of rotatable bonds is 1. The van der Waals surface area contributed by atoms with Gasteiger partial charge in [-0.05, 0) is 0 Å². The van der Waals surface area contributed by atoms with Gasteiger partial charge in [-0.15, -0.1) is 11.8 Å². The van der Waals surface area contributed by atoms with E-state index in [1.807, 2.05) is 30.3 Å². The van der Waals surface area contributed by atoms with Crippen LogP contribution in [0.15, 0.2) is 30.3 Å². The molecule has 0 amide bonds. The molecule has 1 atom stereocenters. The van der Waals surface area contributed by atoms with E-state index < -0.39 is 0 Å². The third kappa shape index (κ3) is 1.46. The van der Waals surface area contributed by atoms with Crippen LogP contribution in [0.1, 0.15) is 11.0 Å². The van der Waals surface area contributed by atoms with Crippen molar-refractivity contribution in [3.8, 4) is 0 Å². The van der Waals surface area contributed by atoms with Crippen LogP contribution in [0.25, 0.3) is 0 Å². The van der Waals surface area contributed by atoms with Crippen LogP contribution in [0.2, 0.25) is 0 Å². The number of hydrogen-bond acceptors (Lipinski definition) is 3. The van der Waals surface area contributed by atoms with Gasteiger partial charge in [-0.2, -0.15) is 0 Å². The summed E-state index contributed by atoms with van der Waals surface area (Å²) in [6.45, 7) is 0. The van der Waals surface area contributed by atoms with Crippen LogP contribution in [-0.4, -0.2) is 11.7 Å². The highest BCUT2D eigenvalue weighted by Gasteiger charge is 2.24. The zero-order valence-electron chi connectivity index (χ0n) is 6.40. The molecule has 0 saturated carbocycles. The second-order valence-electron chi connectivity index (χ2n) is 2.54. The minimum atomic E-state index is -0.117. The number of ether oxygens (including phenoxy) is 1. The van der Waals surface area contributed by atoms with Gasteiger partial charge in [0.15, 0.2) is 5.44 Å². The van der Waals surface area contributed by atoms with Crippen molar-refractivity contribution >= 4 is 17.7 Å². The standard InChI is InChI=1S/C9H8O2S/c10-8-6-12-9(11-8)7-4-2-1-3-5-7/h1-5,9H,6H2/t9-/m0/s1.